The van der Waals surface area contributed by atoms with E-state index in [1.54, 1.807) is 18.9 Å². The fourth-order valence-electron chi connectivity index (χ4n) is 1.68. The van der Waals surface area contributed by atoms with Crippen molar-refractivity contribution in [3.63, 3.8) is 0 Å². The van der Waals surface area contributed by atoms with Crippen LogP contribution in [0.4, 0.5) is 5.69 Å². The van der Waals surface area contributed by atoms with E-state index in [0.29, 0.717) is 18.8 Å². The Morgan fingerprint density at radius 2 is 2.35 bits per heavy atom. The Morgan fingerprint density at radius 1 is 1.65 bits per heavy atom. The monoisotopic (exact) mass is 321 g/mol. The number of aliphatic hydroxyl groups excluding tert-OH is 1. The summed E-state index contributed by atoms with van der Waals surface area (Å²) in [6, 6.07) is -0.0384. The lowest BCUT2D eigenvalue weighted by Gasteiger charge is -2.22. The Bertz CT molecular complexity index is 480. The van der Waals surface area contributed by atoms with Crippen LogP contribution in [-0.2, 0) is 11.3 Å². The average molecular weight is 322 g/mol. The number of halogens is 1. The van der Waals surface area contributed by atoms with Gasteiger partial charge in [-0.05, 0) is 13.2 Å². The number of nitrogens with zero attached hydrogens (tertiary/aromatic N) is 2. The third kappa shape index (κ3) is 4.37. The quantitative estimate of drug-likeness (QED) is 0.746. The maximum absolute atomic E-state index is 12.0. The first kappa shape index (κ1) is 17.3. The van der Waals surface area contributed by atoms with Gasteiger partial charge in [0.05, 0.1) is 31.6 Å². The van der Waals surface area contributed by atoms with E-state index in [1.807, 2.05) is 13.2 Å². The molecule has 6 nitrogen and oxygen atoms in total. The van der Waals surface area contributed by atoms with Crippen molar-refractivity contribution in [2.45, 2.75) is 24.8 Å². The molecule has 0 bridgehead atoms. The molecule has 0 saturated heterocycles. The highest BCUT2D eigenvalue weighted by molar-refractivity contribution is 7.99. The predicted molar refractivity (Wildman–Crippen MR) is 82.9 cm³/mol. The third-order valence-corrected chi connectivity index (χ3v) is 4.44. The van der Waals surface area contributed by atoms with Gasteiger partial charge in [0.1, 0.15) is 5.02 Å². The lowest BCUT2D eigenvalue weighted by atomic mass is 10.2. The van der Waals surface area contributed by atoms with Gasteiger partial charge in [0.2, 0.25) is 0 Å². The second kappa shape index (κ2) is 8.51. The van der Waals surface area contributed by atoms with Gasteiger partial charge in [-0.3, -0.25) is 4.79 Å². The molecule has 0 radical (unpaired) electrons. The van der Waals surface area contributed by atoms with E-state index >= 15 is 0 Å². The number of aromatic nitrogens is 2. The van der Waals surface area contributed by atoms with E-state index in [-0.39, 0.29) is 28.5 Å². The van der Waals surface area contributed by atoms with Crippen LogP contribution in [0, 0.1) is 0 Å². The van der Waals surface area contributed by atoms with E-state index < -0.39 is 0 Å². The summed E-state index contributed by atoms with van der Waals surface area (Å²) in [6.07, 6.45) is 3.44. The first-order valence-electron chi connectivity index (χ1n) is 6.19. The number of aliphatic hydroxyl groups is 1. The molecule has 2 unspecified atom stereocenters. The molecule has 0 aliphatic heterocycles. The summed E-state index contributed by atoms with van der Waals surface area (Å²) in [5, 5.41) is 16.5. The molecule has 1 heterocycles. The van der Waals surface area contributed by atoms with Gasteiger partial charge in [-0.25, -0.2) is 4.68 Å². The highest BCUT2D eigenvalue weighted by Crippen LogP contribution is 2.20. The zero-order chi connectivity index (χ0) is 15.1. The fourth-order valence-corrected chi connectivity index (χ4v) is 2.50. The number of ether oxygens (including phenoxy) is 1. The molecule has 0 amide bonds. The number of thioether (sulfide) groups is 1. The predicted octanol–water partition coefficient (Wildman–Crippen LogP) is 1.07. The summed E-state index contributed by atoms with van der Waals surface area (Å²) >= 11 is 7.61. The van der Waals surface area contributed by atoms with Crippen molar-refractivity contribution in [1.29, 1.82) is 0 Å². The minimum absolute atomic E-state index is 0.0157. The molecule has 1 rings (SSSR count). The SMILES string of the molecule is COCCn1ncc(NC(C)C(CO)SC)c(Cl)c1=O. The minimum Gasteiger partial charge on any atom is -0.395 e. The molecule has 0 saturated carbocycles. The fraction of sp³-hybridized carbons (Fsp3) is 0.667. The van der Waals surface area contributed by atoms with Crippen molar-refractivity contribution in [3.05, 3.63) is 21.6 Å². The molecule has 0 aromatic carbocycles. The Balaban J connectivity index is 2.87. The molecular weight excluding hydrogens is 302 g/mol. The zero-order valence-electron chi connectivity index (χ0n) is 11.8. The number of rotatable bonds is 8. The number of hydrogen-bond donors (Lipinski definition) is 2. The molecule has 1 aromatic rings. The van der Waals surface area contributed by atoms with Crippen LogP contribution >= 0.6 is 23.4 Å². The second-order valence-electron chi connectivity index (χ2n) is 4.28. The molecule has 114 valence electrons. The first-order chi connectivity index (χ1) is 9.54. The highest BCUT2D eigenvalue weighted by Gasteiger charge is 2.17. The van der Waals surface area contributed by atoms with Crippen molar-refractivity contribution in [2.75, 3.05) is 31.9 Å². The molecular formula is C12H20ClN3O3S. The van der Waals surface area contributed by atoms with Gasteiger partial charge in [0.15, 0.2) is 0 Å². The minimum atomic E-state index is -0.356. The number of methoxy groups -OCH3 is 1. The molecule has 0 fully saturated rings. The first-order valence-corrected chi connectivity index (χ1v) is 7.86. The highest BCUT2D eigenvalue weighted by atomic mass is 35.5. The van der Waals surface area contributed by atoms with Crippen LogP contribution in [0.15, 0.2) is 11.0 Å². The molecule has 0 spiro atoms. The third-order valence-electron chi connectivity index (χ3n) is 2.92. The maximum Gasteiger partial charge on any atom is 0.287 e. The maximum atomic E-state index is 12.0. The molecule has 0 aliphatic carbocycles. The van der Waals surface area contributed by atoms with Gasteiger partial charge in [0.25, 0.3) is 5.56 Å². The Labute approximate surface area is 127 Å². The van der Waals surface area contributed by atoms with E-state index in [4.69, 9.17) is 16.3 Å². The van der Waals surface area contributed by atoms with Crippen LogP contribution < -0.4 is 10.9 Å². The number of hydrogen-bond acceptors (Lipinski definition) is 6. The lowest BCUT2D eigenvalue weighted by Crippen LogP contribution is -2.33. The summed E-state index contributed by atoms with van der Waals surface area (Å²) < 4.78 is 6.17. The van der Waals surface area contributed by atoms with Crippen molar-refractivity contribution < 1.29 is 9.84 Å². The van der Waals surface area contributed by atoms with Gasteiger partial charge in [-0.1, -0.05) is 11.6 Å². The average Bonchev–Trinajstić information content (AvgIpc) is 2.44. The van der Waals surface area contributed by atoms with Crippen LogP contribution in [0.3, 0.4) is 0 Å². The summed E-state index contributed by atoms with van der Waals surface area (Å²) in [4.78, 5) is 12.0. The van der Waals surface area contributed by atoms with Crippen molar-refractivity contribution >= 4 is 29.1 Å². The standard InChI is InChI=1S/C12H20ClN3O3S/c1-8(10(7-17)20-3)15-9-6-14-16(4-5-19-2)12(18)11(9)13/h6,8,10,15,17H,4-5,7H2,1-3H3. The Hall–Kier alpha value is -0.760. The zero-order valence-corrected chi connectivity index (χ0v) is 13.4. The van der Waals surface area contributed by atoms with Crippen LogP contribution in [0.1, 0.15) is 6.92 Å². The summed E-state index contributed by atoms with van der Waals surface area (Å²) in [5.74, 6) is 0. The molecule has 2 atom stereocenters. The molecule has 8 heteroatoms. The van der Waals surface area contributed by atoms with Gasteiger partial charge < -0.3 is 15.2 Å². The van der Waals surface area contributed by atoms with Gasteiger partial charge in [-0.15, -0.1) is 0 Å². The summed E-state index contributed by atoms with van der Waals surface area (Å²) in [7, 11) is 1.56. The molecule has 1 aromatic heterocycles. The Kier molecular flexibility index (Phi) is 7.36. The normalized spacial score (nSPS) is 14.1. The van der Waals surface area contributed by atoms with Gasteiger partial charge in [0, 0.05) is 18.4 Å². The largest absolute Gasteiger partial charge is 0.395 e. The van der Waals surface area contributed by atoms with E-state index in [1.165, 1.54) is 10.9 Å². The van der Waals surface area contributed by atoms with Crippen LogP contribution in [-0.4, -0.2) is 52.8 Å². The van der Waals surface area contributed by atoms with Gasteiger partial charge >= 0.3 is 0 Å². The Morgan fingerprint density at radius 3 is 2.90 bits per heavy atom. The van der Waals surface area contributed by atoms with Crippen molar-refractivity contribution in [3.8, 4) is 0 Å². The summed E-state index contributed by atoms with van der Waals surface area (Å²) in [5.41, 5.74) is 0.121. The molecule has 20 heavy (non-hydrogen) atoms. The lowest BCUT2D eigenvalue weighted by molar-refractivity contribution is 0.182. The smallest absolute Gasteiger partial charge is 0.287 e. The van der Waals surface area contributed by atoms with E-state index in [0.717, 1.165) is 0 Å². The van der Waals surface area contributed by atoms with Crippen LogP contribution in [0.25, 0.3) is 0 Å². The van der Waals surface area contributed by atoms with Crippen molar-refractivity contribution in [2.24, 2.45) is 0 Å². The van der Waals surface area contributed by atoms with Gasteiger partial charge in [-0.2, -0.15) is 16.9 Å². The van der Waals surface area contributed by atoms with Crippen LogP contribution in [0.2, 0.25) is 5.02 Å². The van der Waals surface area contributed by atoms with E-state index in [2.05, 4.69) is 10.4 Å². The molecule has 0 aliphatic rings. The van der Waals surface area contributed by atoms with Crippen LogP contribution in [0.5, 0.6) is 0 Å². The summed E-state index contributed by atoms with van der Waals surface area (Å²) in [6.45, 7) is 2.72. The topological polar surface area (TPSA) is 76.4 Å². The number of anilines is 1. The second-order valence-corrected chi connectivity index (χ2v) is 5.74. The molecule has 2 N–H and O–H groups in total. The number of nitrogens with one attached hydrogen (secondary N) is 1. The van der Waals surface area contributed by atoms with Crippen molar-refractivity contribution in [1.82, 2.24) is 9.78 Å². The van der Waals surface area contributed by atoms with E-state index in [9.17, 15) is 9.90 Å².